The molecule has 2 fully saturated rings. The van der Waals surface area contributed by atoms with E-state index in [1.807, 2.05) is 22.9 Å². The summed E-state index contributed by atoms with van der Waals surface area (Å²) in [5.74, 6) is -0.362. The number of halogens is 2. The molecule has 9 heteroatoms. The Morgan fingerprint density at radius 2 is 2.09 bits per heavy atom. The Hall–Kier alpha value is -2.35. The average molecular weight is 475 g/mol. The lowest BCUT2D eigenvalue weighted by Gasteiger charge is -2.28. The van der Waals surface area contributed by atoms with Crippen molar-refractivity contribution in [1.82, 2.24) is 14.5 Å². The lowest BCUT2D eigenvalue weighted by Crippen LogP contribution is -2.36. The van der Waals surface area contributed by atoms with Gasteiger partial charge in [-0.2, -0.15) is 0 Å². The number of fused-ring (bicyclic) bond motifs is 1. The topological polar surface area (TPSA) is 80.5 Å². The quantitative estimate of drug-likeness (QED) is 0.543. The molecule has 2 aliphatic rings. The Kier molecular flexibility index (Phi) is 5.97. The maximum atomic E-state index is 11.5. The number of aliphatic carboxylic acids is 1. The molecular formula is C23H24Cl2N4O3. The van der Waals surface area contributed by atoms with Gasteiger partial charge in [0.2, 0.25) is 0 Å². The van der Waals surface area contributed by atoms with Crippen LogP contribution in [0.2, 0.25) is 10.0 Å². The minimum atomic E-state index is -0.761. The first kappa shape index (κ1) is 21.5. The van der Waals surface area contributed by atoms with Crippen LogP contribution in [0.5, 0.6) is 0 Å². The second-order valence-electron chi connectivity index (χ2n) is 8.46. The van der Waals surface area contributed by atoms with Crippen molar-refractivity contribution >= 4 is 45.9 Å². The Bertz CT molecular complexity index is 1140. The van der Waals surface area contributed by atoms with Gasteiger partial charge in [-0.15, -0.1) is 0 Å². The van der Waals surface area contributed by atoms with Crippen molar-refractivity contribution < 1.29 is 14.6 Å². The van der Waals surface area contributed by atoms with E-state index >= 15 is 0 Å². The zero-order valence-electron chi connectivity index (χ0n) is 17.5. The highest BCUT2D eigenvalue weighted by Crippen LogP contribution is 2.36. The van der Waals surface area contributed by atoms with Gasteiger partial charge in [0.25, 0.3) is 0 Å². The number of hydrogen-bond acceptors (Lipinski definition) is 5. The summed E-state index contributed by atoms with van der Waals surface area (Å²) in [4.78, 5) is 22.8. The van der Waals surface area contributed by atoms with E-state index in [1.54, 1.807) is 18.6 Å². The van der Waals surface area contributed by atoms with Crippen LogP contribution in [-0.2, 0) is 9.53 Å². The molecule has 1 saturated carbocycles. The van der Waals surface area contributed by atoms with Gasteiger partial charge in [0.05, 0.1) is 52.2 Å². The van der Waals surface area contributed by atoms with Crippen LogP contribution in [0.3, 0.4) is 0 Å². The normalized spacial score (nSPS) is 23.3. The molecule has 0 spiro atoms. The Morgan fingerprint density at radius 3 is 2.88 bits per heavy atom. The van der Waals surface area contributed by atoms with Crippen LogP contribution in [0.1, 0.15) is 32.1 Å². The third-order valence-electron chi connectivity index (χ3n) is 6.56. The number of benzene rings is 1. The minimum absolute atomic E-state index is 0.128. The molecule has 0 bridgehead atoms. The molecule has 1 aliphatic carbocycles. The van der Waals surface area contributed by atoms with Gasteiger partial charge in [0.15, 0.2) is 0 Å². The van der Waals surface area contributed by atoms with Crippen LogP contribution in [0.15, 0.2) is 36.9 Å². The van der Waals surface area contributed by atoms with Gasteiger partial charge < -0.3 is 19.3 Å². The molecule has 3 heterocycles. The number of pyridine rings is 1. The van der Waals surface area contributed by atoms with Gasteiger partial charge in [-0.25, -0.2) is 9.97 Å². The molecule has 32 heavy (non-hydrogen) atoms. The van der Waals surface area contributed by atoms with Crippen molar-refractivity contribution in [2.75, 3.05) is 18.1 Å². The predicted molar refractivity (Wildman–Crippen MR) is 124 cm³/mol. The maximum Gasteiger partial charge on any atom is 0.309 e. The second kappa shape index (κ2) is 8.89. The van der Waals surface area contributed by atoms with Crippen molar-refractivity contribution in [3.8, 4) is 5.69 Å². The average Bonchev–Trinajstić information content (AvgIpc) is 3.55. The highest BCUT2D eigenvalue weighted by Gasteiger charge is 2.35. The summed E-state index contributed by atoms with van der Waals surface area (Å²) in [6.07, 6.45) is 9.53. The third-order valence-corrected chi connectivity index (χ3v) is 7.36. The number of imidazole rings is 1. The Labute approximate surface area is 195 Å². The molecule has 7 nitrogen and oxygen atoms in total. The molecule has 5 rings (SSSR count). The van der Waals surface area contributed by atoms with Crippen molar-refractivity contribution in [2.45, 2.75) is 44.2 Å². The van der Waals surface area contributed by atoms with Crippen LogP contribution in [0.4, 0.5) is 5.82 Å². The zero-order valence-corrected chi connectivity index (χ0v) is 19.0. The highest BCUT2D eigenvalue weighted by molar-refractivity contribution is 6.45. The fraction of sp³-hybridized carbons (Fsp3) is 0.435. The van der Waals surface area contributed by atoms with E-state index in [-0.39, 0.29) is 12.1 Å². The summed E-state index contributed by atoms with van der Waals surface area (Å²) in [6, 6.07) is 5.87. The van der Waals surface area contributed by atoms with Gasteiger partial charge in [-0.3, -0.25) is 4.79 Å². The Morgan fingerprint density at radius 1 is 1.22 bits per heavy atom. The molecular weight excluding hydrogens is 451 g/mol. The molecule has 1 N–H and O–H groups in total. The SMILES string of the molecule is O=C(O)C1CCCC1OC[C@@H]1CCCN1c1cc(-n2ccnc2)c2ccc(Cl)c(Cl)c2n1. The number of anilines is 1. The Balaban J connectivity index is 1.47. The number of carboxylic acids is 1. The summed E-state index contributed by atoms with van der Waals surface area (Å²) in [7, 11) is 0. The first-order valence-electron chi connectivity index (χ1n) is 10.9. The number of ether oxygens (including phenoxy) is 1. The third kappa shape index (κ3) is 3.93. The minimum Gasteiger partial charge on any atom is -0.481 e. The summed E-state index contributed by atoms with van der Waals surface area (Å²) in [5.41, 5.74) is 1.57. The monoisotopic (exact) mass is 474 g/mol. The molecule has 0 radical (unpaired) electrons. The highest BCUT2D eigenvalue weighted by atomic mass is 35.5. The van der Waals surface area contributed by atoms with E-state index < -0.39 is 11.9 Å². The predicted octanol–water partition coefficient (Wildman–Crippen LogP) is 4.97. The van der Waals surface area contributed by atoms with Crippen molar-refractivity contribution in [2.24, 2.45) is 5.92 Å². The lowest BCUT2D eigenvalue weighted by atomic mass is 10.1. The van der Waals surface area contributed by atoms with Crippen molar-refractivity contribution in [1.29, 1.82) is 0 Å². The maximum absolute atomic E-state index is 11.5. The van der Waals surface area contributed by atoms with Crippen LogP contribution in [-0.4, -0.2) is 50.9 Å². The molecule has 0 amide bonds. The molecule has 2 aromatic heterocycles. The number of rotatable bonds is 6. The van der Waals surface area contributed by atoms with Gasteiger partial charge in [-0.1, -0.05) is 23.2 Å². The summed E-state index contributed by atoms with van der Waals surface area (Å²) >= 11 is 12.8. The zero-order chi connectivity index (χ0) is 22.2. The van der Waals surface area contributed by atoms with E-state index in [2.05, 4.69) is 9.88 Å². The standard InChI is InChI=1S/C23H24Cl2N4O3/c24-17-7-6-15-18(28-10-8-26-13-28)11-20(27-22(15)21(17)25)29-9-2-3-14(29)12-32-19-5-1-4-16(19)23(30)31/h6-8,10-11,13-14,16,19H,1-5,9,12H2,(H,30,31)/t14-,16?,19?/m0/s1. The first-order valence-corrected chi connectivity index (χ1v) is 11.7. The van der Waals surface area contributed by atoms with Crippen LogP contribution < -0.4 is 4.90 Å². The molecule has 1 aliphatic heterocycles. The molecule has 3 aromatic rings. The second-order valence-corrected chi connectivity index (χ2v) is 9.25. The first-order chi connectivity index (χ1) is 15.5. The summed E-state index contributed by atoms with van der Waals surface area (Å²) in [6.45, 7) is 1.33. The fourth-order valence-corrected chi connectivity index (χ4v) is 5.28. The van der Waals surface area contributed by atoms with Crippen LogP contribution in [0, 0.1) is 5.92 Å². The number of hydrogen-bond donors (Lipinski definition) is 1. The molecule has 168 valence electrons. The fourth-order valence-electron chi connectivity index (χ4n) is 4.92. The number of nitrogens with zero attached hydrogens (tertiary/aromatic N) is 4. The lowest BCUT2D eigenvalue weighted by molar-refractivity contribution is -0.146. The van der Waals surface area contributed by atoms with Gasteiger partial charge in [-0.05, 0) is 44.2 Å². The van der Waals surface area contributed by atoms with Gasteiger partial charge in [0, 0.05) is 30.4 Å². The van der Waals surface area contributed by atoms with Crippen molar-refractivity contribution in [3.05, 3.63) is 47.0 Å². The van der Waals surface area contributed by atoms with E-state index in [9.17, 15) is 9.90 Å². The smallest absolute Gasteiger partial charge is 0.309 e. The molecule has 1 aromatic carbocycles. The number of carbonyl (C=O) groups is 1. The summed E-state index contributed by atoms with van der Waals surface area (Å²) in [5, 5.41) is 11.2. The van der Waals surface area contributed by atoms with Crippen LogP contribution in [0.25, 0.3) is 16.6 Å². The van der Waals surface area contributed by atoms with Crippen LogP contribution >= 0.6 is 23.2 Å². The molecule has 2 unspecified atom stereocenters. The molecule has 1 saturated heterocycles. The van der Waals surface area contributed by atoms with E-state index in [1.165, 1.54) is 0 Å². The van der Waals surface area contributed by atoms with E-state index in [4.69, 9.17) is 32.9 Å². The largest absolute Gasteiger partial charge is 0.481 e. The molecule has 3 atom stereocenters. The number of carboxylic acid groups (broad SMARTS) is 1. The van der Waals surface area contributed by atoms with Gasteiger partial charge in [0.1, 0.15) is 5.82 Å². The summed E-state index contributed by atoms with van der Waals surface area (Å²) < 4.78 is 8.07. The van der Waals surface area contributed by atoms with E-state index in [0.29, 0.717) is 28.6 Å². The van der Waals surface area contributed by atoms with E-state index in [0.717, 1.165) is 49.1 Å². The van der Waals surface area contributed by atoms with Gasteiger partial charge >= 0.3 is 5.97 Å². The van der Waals surface area contributed by atoms with Crippen molar-refractivity contribution in [3.63, 3.8) is 0 Å². The number of aromatic nitrogens is 3.